The van der Waals surface area contributed by atoms with E-state index in [0.29, 0.717) is 39.4 Å². The molecule has 2 fully saturated rings. The lowest BCUT2D eigenvalue weighted by Gasteiger charge is -2.35. The van der Waals surface area contributed by atoms with E-state index in [4.69, 9.17) is 9.47 Å². The molecule has 1 aromatic rings. The third kappa shape index (κ3) is 4.89. The highest BCUT2D eigenvalue weighted by Crippen LogP contribution is 2.23. The molecule has 3 rings (SSSR count). The lowest BCUT2D eigenvalue weighted by molar-refractivity contribution is -0.142. The number of ether oxygens (including phenoxy) is 2. The van der Waals surface area contributed by atoms with Crippen LogP contribution in [0.4, 0.5) is 0 Å². The van der Waals surface area contributed by atoms with Crippen LogP contribution in [0.1, 0.15) is 24.0 Å². The molecule has 146 valence electrons. The molecule has 0 aromatic heterocycles. The van der Waals surface area contributed by atoms with E-state index in [1.807, 2.05) is 34.9 Å². The number of rotatable bonds is 4. The van der Waals surface area contributed by atoms with Gasteiger partial charge in [0, 0.05) is 43.7 Å². The maximum atomic E-state index is 12.6. The normalized spacial score (nSPS) is 18.7. The minimum atomic E-state index is -0.0177. The number of benzene rings is 1. The van der Waals surface area contributed by atoms with Crippen molar-refractivity contribution in [1.82, 2.24) is 9.80 Å². The molecule has 0 spiro atoms. The number of carbonyl (C=O) groups excluding carboxylic acids is 2. The Balaban J connectivity index is 1.54. The van der Waals surface area contributed by atoms with Crippen molar-refractivity contribution in [3.05, 3.63) is 35.4 Å². The number of aryl methyl sites for hydroxylation is 1. The van der Waals surface area contributed by atoms with Crippen molar-refractivity contribution in [2.24, 2.45) is 5.92 Å². The van der Waals surface area contributed by atoms with Crippen LogP contribution in [-0.4, -0.2) is 68.1 Å². The molecular formula is C21H28N2O4. The molecular weight excluding hydrogens is 344 g/mol. The Kier molecular flexibility index (Phi) is 6.50. The van der Waals surface area contributed by atoms with Gasteiger partial charge in [0.2, 0.25) is 11.8 Å². The molecule has 0 saturated carbocycles. The molecule has 27 heavy (non-hydrogen) atoms. The van der Waals surface area contributed by atoms with Gasteiger partial charge in [0.05, 0.1) is 20.3 Å². The van der Waals surface area contributed by atoms with Crippen molar-refractivity contribution in [2.75, 3.05) is 46.5 Å². The van der Waals surface area contributed by atoms with Crippen LogP contribution in [0.2, 0.25) is 0 Å². The fourth-order valence-electron chi connectivity index (χ4n) is 3.64. The second kappa shape index (κ2) is 9.04. The summed E-state index contributed by atoms with van der Waals surface area (Å²) >= 11 is 0. The van der Waals surface area contributed by atoms with Crippen LogP contribution in [-0.2, 0) is 14.3 Å². The number of carbonyl (C=O) groups is 2. The highest BCUT2D eigenvalue weighted by molar-refractivity contribution is 5.92. The van der Waals surface area contributed by atoms with Crippen molar-refractivity contribution in [3.8, 4) is 5.75 Å². The predicted molar refractivity (Wildman–Crippen MR) is 103 cm³/mol. The van der Waals surface area contributed by atoms with Crippen LogP contribution in [0, 0.1) is 12.8 Å². The number of hydrogen-bond donors (Lipinski definition) is 0. The second-order valence-corrected chi connectivity index (χ2v) is 7.12. The van der Waals surface area contributed by atoms with Crippen LogP contribution < -0.4 is 4.74 Å². The fourth-order valence-corrected chi connectivity index (χ4v) is 3.64. The van der Waals surface area contributed by atoms with Crippen LogP contribution in [0.3, 0.4) is 0 Å². The maximum absolute atomic E-state index is 12.6. The number of amides is 2. The number of likely N-dealkylation sites (tertiary alicyclic amines) is 1. The van der Waals surface area contributed by atoms with Gasteiger partial charge >= 0.3 is 0 Å². The second-order valence-electron chi connectivity index (χ2n) is 7.12. The van der Waals surface area contributed by atoms with Crippen molar-refractivity contribution >= 4 is 17.9 Å². The van der Waals surface area contributed by atoms with E-state index in [1.54, 1.807) is 19.3 Å². The Hall–Kier alpha value is -2.34. The third-order valence-electron chi connectivity index (χ3n) is 5.27. The quantitative estimate of drug-likeness (QED) is 0.760. The van der Waals surface area contributed by atoms with Gasteiger partial charge in [0.1, 0.15) is 5.75 Å². The summed E-state index contributed by atoms with van der Waals surface area (Å²) in [5, 5.41) is 0. The highest BCUT2D eigenvalue weighted by Gasteiger charge is 2.30. The molecule has 0 atom stereocenters. The first-order valence-electron chi connectivity index (χ1n) is 9.56. The van der Waals surface area contributed by atoms with Crippen LogP contribution in [0.15, 0.2) is 24.3 Å². The molecule has 2 amide bonds. The summed E-state index contributed by atoms with van der Waals surface area (Å²) in [5.74, 6) is 0.966. The maximum Gasteiger partial charge on any atom is 0.246 e. The van der Waals surface area contributed by atoms with E-state index < -0.39 is 0 Å². The van der Waals surface area contributed by atoms with Crippen molar-refractivity contribution < 1.29 is 19.1 Å². The molecule has 1 aromatic carbocycles. The number of nitrogens with zero attached hydrogens (tertiary/aromatic N) is 2. The summed E-state index contributed by atoms with van der Waals surface area (Å²) in [7, 11) is 1.63. The number of piperidine rings is 1. The summed E-state index contributed by atoms with van der Waals surface area (Å²) < 4.78 is 10.7. The zero-order valence-corrected chi connectivity index (χ0v) is 16.1. The monoisotopic (exact) mass is 372 g/mol. The van der Waals surface area contributed by atoms with E-state index in [-0.39, 0.29) is 17.7 Å². The molecule has 0 bridgehead atoms. The van der Waals surface area contributed by atoms with E-state index in [0.717, 1.165) is 29.7 Å². The molecule has 2 aliphatic heterocycles. The van der Waals surface area contributed by atoms with E-state index >= 15 is 0 Å². The van der Waals surface area contributed by atoms with Crippen LogP contribution >= 0.6 is 0 Å². The molecule has 6 heteroatoms. The summed E-state index contributed by atoms with van der Waals surface area (Å²) in [6, 6.07) is 5.88. The van der Waals surface area contributed by atoms with Crippen molar-refractivity contribution in [2.45, 2.75) is 19.8 Å². The van der Waals surface area contributed by atoms with E-state index in [2.05, 4.69) is 0 Å². The van der Waals surface area contributed by atoms with Gasteiger partial charge in [-0.05, 0) is 38.0 Å². The smallest absolute Gasteiger partial charge is 0.246 e. The molecule has 0 unspecified atom stereocenters. The molecule has 2 aliphatic rings. The third-order valence-corrected chi connectivity index (χ3v) is 5.27. The zero-order valence-electron chi connectivity index (χ0n) is 16.1. The molecule has 2 heterocycles. The van der Waals surface area contributed by atoms with E-state index in [9.17, 15) is 9.59 Å². The summed E-state index contributed by atoms with van der Waals surface area (Å²) in [6.07, 6.45) is 4.85. The first-order chi connectivity index (χ1) is 13.1. The number of morpholine rings is 1. The van der Waals surface area contributed by atoms with Gasteiger partial charge in [-0.1, -0.05) is 11.6 Å². The standard InChI is InChI=1S/C21H28N2O4/c1-16-3-5-19(26-2)18(15-16)4-6-20(24)22-9-7-17(8-10-22)21(25)23-11-13-27-14-12-23/h3-6,15,17H,7-14H2,1-2H3/b6-4+. The Bertz CT molecular complexity index is 702. The first kappa shape index (κ1) is 19.4. The molecule has 2 saturated heterocycles. The molecule has 0 aliphatic carbocycles. The summed E-state index contributed by atoms with van der Waals surface area (Å²) in [6.45, 7) is 5.85. The lowest BCUT2D eigenvalue weighted by Crippen LogP contribution is -2.47. The van der Waals surface area contributed by atoms with Gasteiger partial charge in [0.25, 0.3) is 0 Å². The van der Waals surface area contributed by atoms with Crippen LogP contribution in [0.5, 0.6) is 5.75 Å². The number of hydrogen-bond acceptors (Lipinski definition) is 4. The molecule has 6 nitrogen and oxygen atoms in total. The first-order valence-corrected chi connectivity index (χ1v) is 9.56. The lowest BCUT2D eigenvalue weighted by atomic mass is 9.95. The minimum Gasteiger partial charge on any atom is -0.496 e. The minimum absolute atomic E-state index is 0.0177. The Labute approximate surface area is 160 Å². The molecule has 0 N–H and O–H groups in total. The van der Waals surface area contributed by atoms with Crippen molar-refractivity contribution in [1.29, 1.82) is 0 Å². The summed E-state index contributed by atoms with van der Waals surface area (Å²) in [5.41, 5.74) is 2.01. The van der Waals surface area contributed by atoms with Gasteiger partial charge in [-0.2, -0.15) is 0 Å². The number of methoxy groups -OCH3 is 1. The Morgan fingerprint density at radius 1 is 1.11 bits per heavy atom. The van der Waals surface area contributed by atoms with Crippen molar-refractivity contribution in [3.63, 3.8) is 0 Å². The van der Waals surface area contributed by atoms with Gasteiger partial charge in [-0.15, -0.1) is 0 Å². The van der Waals surface area contributed by atoms with Gasteiger partial charge in [0.15, 0.2) is 0 Å². The van der Waals surface area contributed by atoms with E-state index in [1.165, 1.54) is 0 Å². The predicted octanol–water partition coefficient (Wildman–Crippen LogP) is 2.11. The van der Waals surface area contributed by atoms with Crippen LogP contribution in [0.25, 0.3) is 6.08 Å². The Morgan fingerprint density at radius 2 is 1.81 bits per heavy atom. The van der Waals surface area contributed by atoms with Gasteiger partial charge < -0.3 is 19.3 Å². The average molecular weight is 372 g/mol. The average Bonchev–Trinajstić information content (AvgIpc) is 2.72. The fraction of sp³-hybridized carbons (Fsp3) is 0.524. The SMILES string of the molecule is COc1ccc(C)cc1/C=C/C(=O)N1CCC(C(=O)N2CCOCC2)CC1. The largest absolute Gasteiger partial charge is 0.496 e. The molecule has 0 radical (unpaired) electrons. The topological polar surface area (TPSA) is 59.1 Å². The van der Waals surface area contributed by atoms with Gasteiger partial charge in [-0.25, -0.2) is 0 Å². The highest BCUT2D eigenvalue weighted by atomic mass is 16.5. The summed E-state index contributed by atoms with van der Waals surface area (Å²) in [4.78, 5) is 28.8. The Morgan fingerprint density at radius 3 is 2.48 bits per heavy atom. The zero-order chi connectivity index (χ0) is 19.2. The van der Waals surface area contributed by atoms with Gasteiger partial charge in [-0.3, -0.25) is 9.59 Å².